The average molecular weight is 534 g/mol. The van der Waals surface area contributed by atoms with Crippen LogP contribution in [0.3, 0.4) is 0 Å². The van der Waals surface area contributed by atoms with Crippen LogP contribution in [0, 0.1) is 5.82 Å². The van der Waals surface area contributed by atoms with Crippen LogP contribution in [-0.2, 0) is 0 Å². The molecule has 0 radical (unpaired) electrons. The molecule has 1 saturated heterocycles. The Balaban J connectivity index is 1.61. The van der Waals surface area contributed by atoms with Gasteiger partial charge in [-0.3, -0.25) is 5.32 Å². The lowest BCUT2D eigenvalue weighted by Gasteiger charge is -2.19. The minimum absolute atomic E-state index is 0.106. The summed E-state index contributed by atoms with van der Waals surface area (Å²) in [5, 5.41) is 12.7. The molecule has 2 aromatic heterocycles. The fourth-order valence-corrected chi connectivity index (χ4v) is 5.99. The van der Waals surface area contributed by atoms with Crippen LogP contribution in [0.5, 0.6) is 6.01 Å². The molecule has 8 nitrogen and oxygen atoms in total. The Kier molecular flexibility index (Phi) is 6.67. The molecule has 1 atom stereocenters. The summed E-state index contributed by atoms with van der Waals surface area (Å²) >= 11 is 9.11. The first-order valence-electron chi connectivity index (χ1n) is 10.8. The van der Waals surface area contributed by atoms with E-state index in [1.165, 1.54) is 11.8 Å². The average Bonchev–Trinajstić information content (AvgIpc) is 3.42. The number of likely N-dealkylation sites (tertiary alicyclic amines) is 1. The number of rotatable bonds is 6. The number of halogens is 2. The molecule has 4 aromatic rings. The number of nitrogens with zero attached hydrogens (tertiary/aromatic N) is 4. The molecule has 2 aromatic carbocycles. The monoisotopic (exact) mass is 533 g/mol. The van der Waals surface area contributed by atoms with Crippen LogP contribution in [0.1, 0.15) is 12.8 Å². The van der Waals surface area contributed by atoms with Crippen molar-refractivity contribution >= 4 is 67.0 Å². The van der Waals surface area contributed by atoms with E-state index in [0.717, 1.165) is 30.7 Å². The van der Waals surface area contributed by atoms with Crippen LogP contribution >= 0.6 is 34.7 Å². The third-order valence-electron chi connectivity index (χ3n) is 6.00. The molecule has 1 fully saturated rings. The van der Waals surface area contributed by atoms with Crippen LogP contribution in [0.25, 0.3) is 32.2 Å². The smallest absolute Gasteiger partial charge is 0.410 e. The van der Waals surface area contributed by atoms with E-state index in [4.69, 9.17) is 21.4 Å². The number of thioether (sulfide) groups is 1. The highest BCUT2D eigenvalue weighted by atomic mass is 35.5. The van der Waals surface area contributed by atoms with Crippen LogP contribution in [0.2, 0.25) is 5.02 Å². The molecule has 2 N–H and O–H groups in total. The van der Waals surface area contributed by atoms with E-state index in [1.807, 2.05) is 6.26 Å². The summed E-state index contributed by atoms with van der Waals surface area (Å²) in [6.45, 7) is 1.44. The zero-order valence-corrected chi connectivity index (χ0v) is 21.2. The van der Waals surface area contributed by atoms with Gasteiger partial charge in [0.1, 0.15) is 17.1 Å². The maximum atomic E-state index is 16.1. The van der Waals surface area contributed by atoms with Gasteiger partial charge in [-0.05, 0) is 44.8 Å². The Morgan fingerprint density at radius 2 is 2.20 bits per heavy atom. The number of amides is 1. The number of likely N-dealkylation sites (N-methyl/N-ethyl adjacent to an activating group) is 1. The maximum absolute atomic E-state index is 16.1. The molecule has 0 saturated carbocycles. The van der Waals surface area contributed by atoms with Crippen LogP contribution in [-0.4, -0.2) is 63.5 Å². The van der Waals surface area contributed by atoms with Gasteiger partial charge >= 0.3 is 12.1 Å². The summed E-state index contributed by atoms with van der Waals surface area (Å²) in [6.07, 6.45) is 2.77. The molecule has 1 aliphatic heterocycles. The van der Waals surface area contributed by atoms with Crippen molar-refractivity contribution in [2.75, 3.05) is 31.8 Å². The lowest BCUT2D eigenvalue weighted by Crippen LogP contribution is -2.30. The quantitative estimate of drug-likeness (QED) is 0.230. The van der Waals surface area contributed by atoms with Crippen molar-refractivity contribution in [1.29, 1.82) is 0 Å². The third kappa shape index (κ3) is 4.61. The summed E-state index contributed by atoms with van der Waals surface area (Å²) in [4.78, 5) is 26.5. The number of thiazole rings is 1. The highest BCUT2D eigenvalue weighted by Crippen LogP contribution is 2.42. The number of carbonyl (C=O) groups is 1. The minimum Gasteiger partial charge on any atom is -0.465 e. The predicted molar refractivity (Wildman–Crippen MR) is 138 cm³/mol. The fourth-order valence-electron chi connectivity index (χ4n) is 4.27. The van der Waals surface area contributed by atoms with Gasteiger partial charge in [0, 0.05) is 22.6 Å². The molecule has 1 aliphatic rings. The Labute approximate surface area is 213 Å². The summed E-state index contributed by atoms with van der Waals surface area (Å²) < 4.78 is 22.7. The van der Waals surface area contributed by atoms with E-state index in [2.05, 4.69) is 32.2 Å². The molecule has 12 heteroatoms. The van der Waals surface area contributed by atoms with Crippen LogP contribution in [0.15, 0.2) is 29.3 Å². The zero-order chi connectivity index (χ0) is 24.7. The molecule has 35 heavy (non-hydrogen) atoms. The fraction of sp³-hybridized carbons (Fsp3) is 0.304. The molecule has 0 spiro atoms. The summed E-state index contributed by atoms with van der Waals surface area (Å²) in [7, 11) is 2.06. The number of hydrogen-bond donors (Lipinski definition) is 2. The third-order valence-corrected chi connectivity index (χ3v) is 7.93. The first-order valence-corrected chi connectivity index (χ1v) is 13.2. The highest BCUT2D eigenvalue weighted by molar-refractivity contribution is 7.98. The first kappa shape index (κ1) is 24.0. The van der Waals surface area contributed by atoms with E-state index < -0.39 is 11.9 Å². The van der Waals surface area contributed by atoms with Crippen molar-refractivity contribution in [3.05, 3.63) is 35.1 Å². The molecular formula is C23H21ClFN5O3S2. The molecule has 5 rings (SSSR count). The second kappa shape index (κ2) is 9.73. The van der Waals surface area contributed by atoms with Gasteiger partial charge in [0.2, 0.25) is 0 Å². The number of ether oxygens (including phenoxy) is 1. The van der Waals surface area contributed by atoms with Gasteiger partial charge in [-0.25, -0.2) is 14.2 Å². The van der Waals surface area contributed by atoms with Gasteiger partial charge < -0.3 is 14.7 Å². The lowest BCUT2D eigenvalue weighted by molar-refractivity contribution is 0.187. The van der Waals surface area contributed by atoms with Crippen molar-refractivity contribution in [3.8, 4) is 17.1 Å². The Bertz CT molecular complexity index is 1450. The SMILES string of the molecule is CSc1nc(OC[C@@H]2CCCN2C)nc2c(F)c(-c3cccc4sc(NC(=O)O)nc34)c(Cl)cc12. The van der Waals surface area contributed by atoms with Gasteiger partial charge in [0.15, 0.2) is 10.9 Å². The molecule has 0 aliphatic carbocycles. The van der Waals surface area contributed by atoms with Crippen LogP contribution in [0.4, 0.5) is 14.3 Å². The van der Waals surface area contributed by atoms with Crippen molar-refractivity contribution in [3.63, 3.8) is 0 Å². The van der Waals surface area contributed by atoms with E-state index in [9.17, 15) is 4.79 Å². The summed E-state index contributed by atoms with van der Waals surface area (Å²) in [5.41, 5.74) is 1.14. The topological polar surface area (TPSA) is 100 Å². The molecule has 0 bridgehead atoms. The normalized spacial score (nSPS) is 16.3. The Morgan fingerprint density at radius 1 is 1.37 bits per heavy atom. The van der Waals surface area contributed by atoms with E-state index >= 15 is 4.39 Å². The predicted octanol–water partition coefficient (Wildman–Crippen LogP) is 5.98. The second-order valence-corrected chi connectivity index (χ2v) is 10.4. The first-order chi connectivity index (χ1) is 16.9. The molecule has 3 heterocycles. The summed E-state index contributed by atoms with van der Waals surface area (Å²) in [5.74, 6) is -0.610. The van der Waals surface area contributed by atoms with Crippen molar-refractivity contribution in [1.82, 2.24) is 19.9 Å². The Morgan fingerprint density at radius 3 is 2.91 bits per heavy atom. The zero-order valence-electron chi connectivity index (χ0n) is 18.8. The number of aromatic nitrogens is 3. The van der Waals surface area contributed by atoms with Gasteiger partial charge in [-0.1, -0.05) is 35.1 Å². The highest BCUT2D eigenvalue weighted by Gasteiger charge is 2.24. The van der Waals surface area contributed by atoms with E-state index in [0.29, 0.717) is 32.8 Å². The van der Waals surface area contributed by atoms with Gasteiger partial charge in [0.05, 0.1) is 15.2 Å². The van der Waals surface area contributed by atoms with Crippen molar-refractivity contribution < 1.29 is 19.0 Å². The number of para-hydroxylation sites is 1. The number of anilines is 1. The number of benzene rings is 2. The maximum Gasteiger partial charge on any atom is 0.410 e. The standard InChI is InChI=1S/C23H21ClFN5O3S2/c1-30-8-4-5-11(30)10-33-21-26-19-13(20(28-21)34-2)9-14(24)16(17(19)25)12-6-3-7-15-18(12)27-22(35-15)29-23(31)32/h3,6-7,9,11H,4-5,8,10H2,1-2H3,(H,27,29)(H,31,32)/t11-/m0/s1. The minimum atomic E-state index is -1.22. The second-order valence-electron chi connectivity index (χ2n) is 8.15. The number of fused-ring (bicyclic) bond motifs is 2. The number of hydrogen-bond acceptors (Lipinski definition) is 8. The van der Waals surface area contributed by atoms with E-state index in [-0.39, 0.29) is 33.3 Å². The number of nitrogens with one attached hydrogen (secondary N) is 1. The van der Waals surface area contributed by atoms with Crippen molar-refractivity contribution in [2.24, 2.45) is 0 Å². The lowest BCUT2D eigenvalue weighted by atomic mass is 10.0. The van der Waals surface area contributed by atoms with E-state index in [1.54, 1.807) is 24.3 Å². The van der Waals surface area contributed by atoms with Crippen LogP contribution < -0.4 is 10.1 Å². The molecular weight excluding hydrogens is 513 g/mol. The largest absolute Gasteiger partial charge is 0.465 e. The van der Waals surface area contributed by atoms with Gasteiger partial charge in [0.25, 0.3) is 0 Å². The number of carboxylic acid groups (broad SMARTS) is 1. The Hall–Kier alpha value is -2.73. The van der Waals surface area contributed by atoms with Gasteiger partial charge in [-0.15, -0.1) is 11.8 Å². The molecule has 0 unspecified atom stereocenters. The van der Waals surface area contributed by atoms with Crippen molar-refractivity contribution in [2.45, 2.75) is 23.9 Å². The molecule has 1 amide bonds. The molecule has 182 valence electrons. The summed E-state index contributed by atoms with van der Waals surface area (Å²) in [6, 6.07) is 7.28. The van der Waals surface area contributed by atoms with Gasteiger partial charge in [-0.2, -0.15) is 9.97 Å².